The molecule has 0 atom stereocenters. The maximum Gasteiger partial charge on any atom is 0.251 e. The summed E-state index contributed by atoms with van der Waals surface area (Å²) in [6.45, 7) is 4.63. The summed E-state index contributed by atoms with van der Waals surface area (Å²) in [5.41, 5.74) is 1.80. The summed E-state index contributed by atoms with van der Waals surface area (Å²) in [5.74, 6) is 3.13. The van der Waals surface area contributed by atoms with Gasteiger partial charge in [0, 0.05) is 6.08 Å². The maximum absolute atomic E-state index is 12.7. The Labute approximate surface area is 130 Å². The number of hydrogen-bond acceptors (Lipinski definition) is 3. The van der Waals surface area contributed by atoms with Crippen LogP contribution in [-0.4, -0.2) is 29.6 Å². The number of benzene rings is 1. The lowest BCUT2D eigenvalue weighted by Crippen LogP contribution is -2.49. The van der Waals surface area contributed by atoms with Crippen LogP contribution in [0.4, 0.5) is 5.69 Å². The molecule has 0 saturated carbocycles. The first-order valence-electron chi connectivity index (χ1n) is 7.42. The first kappa shape index (κ1) is 14.5. The van der Waals surface area contributed by atoms with E-state index < -0.39 is 0 Å². The van der Waals surface area contributed by atoms with E-state index in [1.165, 1.54) is 5.57 Å². The number of allylic oxidation sites excluding steroid dienone is 1. The van der Waals surface area contributed by atoms with Gasteiger partial charge in [0.1, 0.15) is 11.4 Å². The number of hydrogen-bond donors (Lipinski definition) is 0. The van der Waals surface area contributed by atoms with Crippen molar-refractivity contribution in [3.05, 3.63) is 35.9 Å². The Balaban J connectivity index is 1.88. The van der Waals surface area contributed by atoms with E-state index in [1.807, 2.05) is 60.9 Å². The zero-order valence-electron chi connectivity index (χ0n) is 12.6. The average Bonchev–Trinajstić information content (AvgIpc) is 2.46. The number of ether oxygens (including phenoxy) is 1. The first-order valence-corrected chi connectivity index (χ1v) is 8.57. The van der Waals surface area contributed by atoms with Crippen molar-refractivity contribution in [2.24, 2.45) is 0 Å². The second kappa shape index (κ2) is 5.76. The minimum atomic E-state index is -0.356. The highest BCUT2D eigenvalue weighted by Crippen LogP contribution is 2.37. The van der Waals surface area contributed by atoms with E-state index in [0.717, 1.165) is 35.8 Å². The molecule has 0 unspecified atom stereocenters. The van der Waals surface area contributed by atoms with Gasteiger partial charge in [-0.15, -0.1) is 0 Å². The Bertz CT molecular complexity index is 572. The second-order valence-corrected chi connectivity index (χ2v) is 7.39. The molecule has 0 N–H and O–H groups in total. The fourth-order valence-corrected chi connectivity index (χ4v) is 3.81. The lowest BCUT2D eigenvalue weighted by molar-refractivity contribution is -0.115. The molecule has 3 nitrogen and oxygen atoms in total. The summed E-state index contributed by atoms with van der Waals surface area (Å²) < 4.78 is 5.97. The van der Waals surface area contributed by atoms with E-state index >= 15 is 0 Å². The second-order valence-electron chi connectivity index (χ2n) is 6.17. The van der Waals surface area contributed by atoms with Crippen LogP contribution < -0.4 is 9.64 Å². The van der Waals surface area contributed by atoms with Gasteiger partial charge >= 0.3 is 0 Å². The molecule has 0 bridgehead atoms. The summed E-state index contributed by atoms with van der Waals surface area (Å²) >= 11 is 1.96. The molecule has 2 aliphatic heterocycles. The topological polar surface area (TPSA) is 29.5 Å². The summed E-state index contributed by atoms with van der Waals surface area (Å²) in [4.78, 5) is 14.6. The number of para-hydroxylation sites is 2. The maximum atomic E-state index is 12.7. The molecular formula is C17H21NO2S. The molecule has 0 spiro atoms. The SMILES string of the molecule is CC1(C)CN(C(=O)C=C2CCSCC2)c2ccccc2O1. The molecule has 4 heteroatoms. The average molecular weight is 303 g/mol. The summed E-state index contributed by atoms with van der Waals surface area (Å²) in [6, 6.07) is 7.78. The lowest BCUT2D eigenvalue weighted by atomic mass is 10.0. The Morgan fingerprint density at radius 3 is 2.76 bits per heavy atom. The Morgan fingerprint density at radius 2 is 2.00 bits per heavy atom. The number of carbonyl (C=O) groups excluding carboxylic acids is 1. The normalized spacial score (nSPS) is 20.5. The number of anilines is 1. The number of fused-ring (bicyclic) bond motifs is 1. The number of carbonyl (C=O) groups is 1. The van der Waals surface area contributed by atoms with Gasteiger partial charge in [-0.3, -0.25) is 4.79 Å². The molecule has 2 heterocycles. The number of thioether (sulfide) groups is 1. The Hall–Kier alpha value is -1.42. The van der Waals surface area contributed by atoms with Crippen LogP contribution in [-0.2, 0) is 4.79 Å². The zero-order chi connectivity index (χ0) is 14.9. The molecule has 0 radical (unpaired) electrons. The minimum absolute atomic E-state index is 0.0840. The van der Waals surface area contributed by atoms with Crippen LogP contribution in [0.1, 0.15) is 26.7 Å². The van der Waals surface area contributed by atoms with E-state index in [4.69, 9.17) is 4.74 Å². The van der Waals surface area contributed by atoms with Gasteiger partial charge in [0.25, 0.3) is 5.91 Å². The van der Waals surface area contributed by atoms with Crippen molar-refractivity contribution < 1.29 is 9.53 Å². The van der Waals surface area contributed by atoms with Gasteiger partial charge in [-0.25, -0.2) is 0 Å². The van der Waals surface area contributed by atoms with Crippen molar-refractivity contribution in [2.45, 2.75) is 32.3 Å². The van der Waals surface area contributed by atoms with Gasteiger partial charge in [0.2, 0.25) is 0 Å². The minimum Gasteiger partial charge on any atom is -0.484 e. The van der Waals surface area contributed by atoms with Crippen LogP contribution in [0.5, 0.6) is 5.75 Å². The molecule has 112 valence electrons. The van der Waals surface area contributed by atoms with Crippen LogP contribution in [0.3, 0.4) is 0 Å². The van der Waals surface area contributed by atoms with E-state index in [9.17, 15) is 4.79 Å². The molecule has 1 aromatic rings. The molecule has 1 saturated heterocycles. The highest BCUT2D eigenvalue weighted by Gasteiger charge is 2.34. The molecule has 0 aromatic heterocycles. The van der Waals surface area contributed by atoms with Crippen molar-refractivity contribution in [2.75, 3.05) is 23.0 Å². The van der Waals surface area contributed by atoms with Crippen LogP contribution in [0.2, 0.25) is 0 Å². The number of rotatable bonds is 1. The molecule has 1 fully saturated rings. The van der Waals surface area contributed by atoms with Crippen molar-refractivity contribution in [3.63, 3.8) is 0 Å². The van der Waals surface area contributed by atoms with Gasteiger partial charge in [-0.2, -0.15) is 11.8 Å². The van der Waals surface area contributed by atoms with Gasteiger partial charge in [0.15, 0.2) is 0 Å². The van der Waals surface area contributed by atoms with E-state index in [2.05, 4.69) is 0 Å². The van der Waals surface area contributed by atoms with E-state index in [1.54, 1.807) is 0 Å². The molecule has 1 aromatic carbocycles. The fourth-order valence-electron chi connectivity index (χ4n) is 2.79. The van der Waals surface area contributed by atoms with Gasteiger partial charge in [-0.05, 0) is 50.3 Å². The summed E-state index contributed by atoms with van der Waals surface area (Å²) in [5, 5.41) is 0. The quantitative estimate of drug-likeness (QED) is 0.742. The largest absolute Gasteiger partial charge is 0.484 e. The third kappa shape index (κ3) is 3.26. The van der Waals surface area contributed by atoms with Gasteiger partial charge in [0.05, 0.1) is 12.2 Å². The van der Waals surface area contributed by atoms with Crippen molar-refractivity contribution >= 4 is 23.4 Å². The third-order valence-electron chi connectivity index (χ3n) is 3.81. The van der Waals surface area contributed by atoms with Crippen molar-refractivity contribution in [3.8, 4) is 5.75 Å². The first-order chi connectivity index (χ1) is 10.1. The zero-order valence-corrected chi connectivity index (χ0v) is 13.4. The predicted octanol–water partition coefficient (Wildman–Crippen LogP) is 3.64. The smallest absolute Gasteiger partial charge is 0.251 e. The van der Waals surface area contributed by atoms with Crippen LogP contribution in [0.25, 0.3) is 0 Å². The van der Waals surface area contributed by atoms with Gasteiger partial charge < -0.3 is 9.64 Å². The van der Waals surface area contributed by atoms with Crippen LogP contribution in [0, 0.1) is 0 Å². The molecule has 3 rings (SSSR count). The molecule has 21 heavy (non-hydrogen) atoms. The standard InChI is InChI=1S/C17H21NO2S/c1-17(2)12-18(14-5-3-4-6-15(14)20-17)16(19)11-13-7-9-21-10-8-13/h3-6,11H,7-10,12H2,1-2H3. The van der Waals surface area contributed by atoms with Crippen molar-refractivity contribution in [1.82, 2.24) is 0 Å². The molecule has 2 aliphatic rings. The van der Waals surface area contributed by atoms with Crippen LogP contribution in [0.15, 0.2) is 35.9 Å². The third-order valence-corrected chi connectivity index (χ3v) is 4.80. The lowest BCUT2D eigenvalue weighted by Gasteiger charge is -2.39. The Kier molecular flexibility index (Phi) is 3.98. The predicted molar refractivity (Wildman–Crippen MR) is 88.1 cm³/mol. The molecule has 0 aliphatic carbocycles. The highest BCUT2D eigenvalue weighted by atomic mass is 32.2. The summed E-state index contributed by atoms with van der Waals surface area (Å²) in [7, 11) is 0. The van der Waals surface area contributed by atoms with E-state index in [-0.39, 0.29) is 11.5 Å². The number of nitrogens with zero attached hydrogens (tertiary/aromatic N) is 1. The summed E-state index contributed by atoms with van der Waals surface area (Å²) in [6.07, 6.45) is 3.91. The fraction of sp³-hybridized carbons (Fsp3) is 0.471. The highest BCUT2D eigenvalue weighted by molar-refractivity contribution is 7.99. The van der Waals surface area contributed by atoms with Crippen LogP contribution >= 0.6 is 11.8 Å². The molecular weight excluding hydrogens is 282 g/mol. The monoisotopic (exact) mass is 303 g/mol. The Morgan fingerprint density at radius 1 is 1.29 bits per heavy atom. The van der Waals surface area contributed by atoms with Gasteiger partial charge in [-0.1, -0.05) is 17.7 Å². The van der Waals surface area contributed by atoms with E-state index in [0.29, 0.717) is 6.54 Å². The van der Waals surface area contributed by atoms with Crippen molar-refractivity contribution in [1.29, 1.82) is 0 Å². The number of amides is 1. The molecule has 1 amide bonds.